The van der Waals surface area contributed by atoms with Crippen molar-refractivity contribution in [3.05, 3.63) is 87.0 Å². The van der Waals surface area contributed by atoms with Gasteiger partial charge in [0.1, 0.15) is 11.1 Å². The second-order valence-electron chi connectivity index (χ2n) is 6.89. The number of benzene rings is 2. The summed E-state index contributed by atoms with van der Waals surface area (Å²) in [6.07, 6.45) is -0.165. The van der Waals surface area contributed by atoms with Gasteiger partial charge < -0.3 is 0 Å². The lowest BCUT2D eigenvalue weighted by molar-refractivity contribution is -0.422. The highest BCUT2D eigenvalue weighted by Crippen LogP contribution is 2.53. The fourth-order valence-electron chi connectivity index (χ4n) is 4.29. The van der Waals surface area contributed by atoms with E-state index >= 15 is 0 Å². The molecule has 0 amide bonds. The third kappa shape index (κ3) is 2.58. The average molecular weight is 428 g/mol. The smallest absolute Gasteiger partial charge is 0.293 e. The Hall–Kier alpha value is -4.62. The van der Waals surface area contributed by atoms with Crippen molar-refractivity contribution in [2.24, 2.45) is 0 Å². The van der Waals surface area contributed by atoms with Gasteiger partial charge in [-0.15, -0.1) is 0 Å². The van der Waals surface area contributed by atoms with Crippen LogP contribution in [-0.2, 0) is 0 Å². The Morgan fingerprint density at radius 2 is 0.968 bits per heavy atom. The van der Waals surface area contributed by atoms with Crippen molar-refractivity contribution in [2.75, 3.05) is 0 Å². The van der Waals surface area contributed by atoms with E-state index < -0.39 is 77.0 Å². The Morgan fingerprint density at radius 3 is 1.26 bits per heavy atom. The van der Waals surface area contributed by atoms with E-state index in [0.29, 0.717) is 0 Å². The maximum absolute atomic E-state index is 13.2. The minimum atomic E-state index is -1.26. The molecular formula is C17H8N4O10. The van der Waals surface area contributed by atoms with E-state index in [2.05, 4.69) is 0 Å². The largest absolute Gasteiger partial charge is 0.357 e. The topological polar surface area (TPSA) is 207 Å². The van der Waals surface area contributed by atoms with Crippen molar-refractivity contribution in [1.82, 2.24) is 0 Å². The van der Waals surface area contributed by atoms with Gasteiger partial charge in [0.2, 0.25) is 0 Å². The summed E-state index contributed by atoms with van der Waals surface area (Å²) in [5.41, 5.74) is -5.52. The van der Waals surface area contributed by atoms with Crippen LogP contribution >= 0.6 is 0 Å². The van der Waals surface area contributed by atoms with Crippen LogP contribution in [0.25, 0.3) is 0 Å². The Balaban J connectivity index is 2.05. The average Bonchev–Trinajstić information content (AvgIpc) is 2.71. The molecule has 0 aromatic heterocycles. The maximum Gasteiger partial charge on any atom is 0.357 e. The molecule has 2 aromatic rings. The van der Waals surface area contributed by atoms with Crippen molar-refractivity contribution in [3.63, 3.8) is 0 Å². The molecule has 156 valence electrons. The minimum absolute atomic E-state index is 0.165. The number of nitrogens with zero attached hydrogens (tertiary/aromatic N) is 4. The molecule has 2 aliphatic carbocycles. The van der Waals surface area contributed by atoms with Gasteiger partial charge in [0, 0.05) is 24.0 Å². The lowest BCUT2D eigenvalue weighted by atomic mass is 9.64. The summed E-state index contributed by atoms with van der Waals surface area (Å²) in [5.74, 6) is -4.35. The SMILES string of the molecule is O=C1c2c(ccc([N+](=O)[O-])c2[N+](=O)[O-])[C@@H]2C[C@H]1c1ccc([N+](=O)[O-])c([N+](=O)[O-])c1C2=O. The molecule has 4 rings (SSSR count). The van der Waals surface area contributed by atoms with Crippen LogP contribution in [-0.4, -0.2) is 31.3 Å². The number of hydrogen-bond acceptors (Lipinski definition) is 10. The Bertz CT molecular complexity index is 1190. The number of rotatable bonds is 4. The summed E-state index contributed by atoms with van der Waals surface area (Å²) in [6.45, 7) is 0. The van der Waals surface area contributed by atoms with Crippen LogP contribution < -0.4 is 0 Å². The maximum atomic E-state index is 13.2. The zero-order valence-electron chi connectivity index (χ0n) is 15.0. The number of carbonyl (C=O) groups is 2. The summed E-state index contributed by atoms with van der Waals surface area (Å²) in [5, 5.41) is 45.6. The monoisotopic (exact) mass is 428 g/mol. The van der Waals surface area contributed by atoms with Gasteiger partial charge in [-0.25, -0.2) is 0 Å². The molecular weight excluding hydrogens is 420 g/mol. The first-order valence-corrected chi connectivity index (χ1v) is 8.56. The number of nitro groups is 4. The van der Waals surface area contributed by atoms with Crippen molar-refractivity contribution >= 4 is 34.3 Å². The lowest BCUT2D eigenvalue weighted by Crippen LogP contribution is -2.35. The summed E-state index contributed by atoms with van der Waals surface area (Å²) >= 11 is 0. The van der Waals surface area contributed by atoms with Crippen molar-refractivity contribution in [2.45, 2.75) is 18.3 Å². The van der Waals surface area contributed by atoms with Gasteiger partial charge in [-0.3, -0.25) is 50.0 Å². The zero-order chi connectivity index (χ0) is 22.8. The van der Waals surface area contributed by atoms with E-state index in [9.17, 15) is 50.0 Å². The summed E-state index contributed by atoms with van der Waals surface area (Å²) < 4.78 is 0. The first-order chi connectivity index (χ1) is 14.6. The predicted molar refractivity (Wildman–Crippen MR) is 98.3 cm³/mol. The third-order valence-corrected chi connectivity index (χ3v) is 5.48. The molecule has 0 unspecified atom stereocenters. The van der Waals surface area contributed by atoms with Crippen molar-refractivity contribution < 1.29 is 29.3 Å². The molecule has 0 saturated carbocycles. The van der Waals surface area contributed by atoms with Crippen LogP contribution in [0.5, 0.6) is 0 Å². The van der Waals surface area contributed by atoms with Crippen LogP contribution in [0.4, 0.5) is 22.7 Å². The van der Waals surface area contributed by atoms with E-state index in [1.807, 2.05) is 0 Å². The Labute approximate surface area is 169 Å². The molecule has 0 spiro atoms. The van der Waals surface area contributed by atoms with Crippen molar-refractivity contribution in [3.8, 4) is 0 Å². The van der Waals surface area contributed by atoms with Crippen LogP contribution in [0.2, 0.25) is 0 Å². The van der Waals surface area contributed by atoms with E-state index in [1.54, 1.807) is 0 Å². The molecule has 0 N–H and O–H groups in total. The second kappa shape index (κ2) is 6.45. The molecule has 2 aliphatic rings. The number of carbonyl (C=O) groups excluding carboxylic acids is 2. The highest BCUT2D eigenvalue weighted by molar-refractivity contribution is 6.17. The number of fused-ring (bicyclic) bond motifs is 6. The normalized spacial score (nSPS) is 18.7. The first kappa shape index (κ1) is 19.7. The standard InChI is InChI=1S/C17H8N4O10/c22-16-8-5-9(7-2-4-11(19(26)27)15(13(7)16)21(30)31)17(23)12-6(8)1-3-10(18(24)25)14(12)20(28)29/h1-4,8-9H,5H2/t8-,9-/m0/s1. The number of hydrogen-bond donors (Lipinski definition) is 0. The molecule has 0 aliphatic heterocycles. The van der Waals surface area contributed by atoms with Crippen LogP contribution in [0, 0.1) is 40.5 Å². The van der Waals surface area contributed by atoms with Gasteiger partial charge in [-0.05, 0) is 17.5 Å². The van der Waals surface area contributed by atoms with E-state index in [-0.39, 0.29) is 17.5 Å². The summed E-state index contributed by atoms with van der Waals surface area (Å²) in [6, 6.07) is 3.64. The lowest BCUT2D eigenvalue weighted by Gasteiger charge is -2.34. The number of nitro benzene ring substituents is 4. The van der Waals surface area contributed by atoms with Gasteiger partial charge >= 0.3 is 22.7 Å². The molecule has 14 nitrogen and oxygen atoms in total. The number of ketones is 2. The predicted octanol–water partition coefficient (Wildman–Crippen LogP) is 2.97. The highest BCUT2D eigenvalue weighted by atomic mass is 16.6. The molecule has 0 saturated heterocycles. The molecule has 2 bridgehead atoms. The summed E-state index contributed by atoms with van der Waals surface area (Å²) in [4.78, 5) is 67.7. The highest BCUT2D eigenvalue weighted by Gasteiger charge is 2.52. The summed E-state index contributed by atoms with van der Waals surface area (Å²) in [7, 11) is 0. The minimum Gasteiger partial charge on any atom is -0.293 e. The molecule has 0 fully saturated rings. The molecule has 31 heavy (non-hydrogen) atoms. The zero-order valence-corrected chi connectivity index (χ0v) is 15.0. The Morgan fingerprint density at radius 1 is 0.613 bits per heavy atom. The van der Waals surface area contributed by atoms with Crippen LogP contribution in [0.15, 0.2) is 24.3 Å². The van der Waals surface area contributed by atoms with Gasteiger partial charge in [0.25, 0.3) is 0 Å². The molecule has 0 heterocycles. The van der Waals surface area contributed by atoms with E-state index in [0.717, 1.165) is 24.3 Å². The second-order valence-corrected chi connectivity index (χ2v) is 6.89. The van der Waals surface area contributed by atoms with Crippen LogP contribution in [0.3, 0.4) is 0 Å². The van der Waals surface area contributed by atoms with Crippen molar-refractivity contribution in [1.29, 1.82) is 0 Å². The Kier molecular flexibility index (Phi) is 4.09. The van der Waals surface area contributed by atoms with E-state index in [1.165, 1.54) is 0 Å². The van der Waals surface area contributed by atoms with Gasteiger partial charge in [-0.1, -0.05) is 12.1 Å². The molecule has 14 heteroatoms. The third-order valence-electron chi connectivity index (χ3n) is 5.48. The van der Waals surface area contributed by atoms with E-state index in [4.69, 9.17) is 0 Å². The fraction of sp³-hybridized carbons (Fsp3) is 0.176. The molecule has 2 aromatic carbocycles. The fourth-order valence-corrected chi connectivity index (χ4v) is 4.29. The number of Topliss-reactive ketones (excluding diaryl/α,β-unsaturated/α-hetero) is 2. The first-order valence-electron chi connectivity index (χ1n) is 8.56. The molecule has 0 radical (unpaired) electrons. The van der Waals surface area contributed by atoms with Crippen LogP contribution in [0.1, 0.15) is 50.1 Å². The molecule has 2 atom stereocenters. The quantitative estimate of drug-likeness (QED) is 0.513. The van der Waals surface area contributed by atoms with Gasteiger partial charge in [0.15, 0.2) is 11.6 Å². The van der Waals surface area contributed by atoms with Gasteiger partial charge in [0.05, 0.1) is 19.7 Å². The van der Waals surface area contributed by atoms with Gasteiger partial charge in [-0.2, -0.15) is 0 Å².